The highest BCUT2D eigenvalue weighted by molar-refractivity contribution is 7.89. The number of carbonyl (C=O) groups is 1. The van der Waals surface area contributed by atoms with Crippen LogP contribution >= 0.6 is 34.5 Å². The Balaban J connectivity index is 1.63. The second-order valence-electron chi connectivity index (χ2n) is 10.4. The number of nitrogens with zero attached hydrogens (tertiary/aromatic N) is 2. The molecule has 218 valence electrons. The van der Waals surface area contributed by atoms with Crippen LogP contribution in [0.5, 0.6) is 0 Å². The summed E-state index contributed by atoms with van der Waals surface area (Å²) in [6.07, 6.45) is 2.13. The number of rotatable bonds is 15. The third kappa shape index (κ3) is 9.24. The van der Waals surface area contributed by atoms with Gasteiger partial charge in [0.05, 0.1) is 28.3 Å². The third-order valence-electron chi connectivity index (χ3n) is 6.50. The normalized spacial score (nSPS) is 13.1. The number of β-amino-alcohol motifs (C(OH)–C–C–N with tert-alkyl or cyclic N) is 1. The van der Waals surface area contributed by atoms with E-state index in [-0.39, 0.29) is 46.4 Å². The fraction of sp³-hybridized carbons (Fsp3) is 0.429. The van der Waals surface area contributed by atoms with Gasteiger partial charge in [0, 0.05) is 43.4 Å². The molecule has 1 unspecified atom stereocenters. The maximum absolute atomic E-state index is 13.4. The number of nitrogens with one attached hydrogen (secondary N) is 1. The molecule has 0 aliphatic carbocycles. The smallest absolute Gasteiger partial charge is 0.303 e. The van der Waals surface area contributed by atoms with E-state index in [1.807, 2.05) is 0 Å². The summed E-state index contributed by atoms with van der Waals surface area (Å²) < 4.78 is 27.8. The van der Waals surface area contributed by atoms with E-state index in [0.29, 0.717) is 17.0 Å². The van der Waals surface area contributed by atoms with Gasteiger partial charge in [-0.25, -0.2) is 8.42 Å². The summed E-state index contributed by atoms with van der Waals surface area (Å²) in [6, 6.07) is 10.2. The summed E-state index contributed by atoms with van der Waals surface area (Å²) in [5.41, 5.74) is 2.66. The van der Waals surface area contributed by atoms with Crippen LogP contribution in [0.1, 0.15) is 44.4 Å². The second-order valence-corrected chi connectivity index (χ2v) is 13.9. The zero-order valence-corrected chi connectivity index (χ0v) is 25.9. The molecule has 12 heteroatoms. The highest BCUT2D eigenvalue weighted by Gasteiger charge is 2.29. The van der Waals surface area contributed by atoms with Crippen molar-refractivity contribution in [3.8, 4) is 11.3 Å². The molecule has 1 aromatic carbocycles. The first-order valence-electron chi connectivity index (χ1n) is 12.9. The van der Waals surface area contributed by atoms with E-state index in [1.165, 1.54) is 24.7 Å². The van der Waals surface area contributed by atoms with Crippen LogP contribution in [-0.4, -0.2) is 65.7 Å². The lowest BCUT2D eigenvalue weighted by Crippen LogP contribution is -2.46. The number of likely N-dealkylation sites (N-methyl/N-ethyl adjacent to an activating group) is 1. The fourth-order valence-electron chi connectivity index (χ4n) is 4.24. The van der Waals surface area contributed by atoms with Crippen LogP contribution < -0.4 is 5.32 Å². The van der Waals surface area contributed by atoms with Crippen LogP contribution in [0.4, 0.5) is 0 Å². The van der Waals surface area contributed by atoms with Gasteiger partial charge in [-0.15, -0.1) is 0 Å². The van der Waals surface area contributed by atoms with Gasteiger partial charge in [-0.2, -0.15) is 15.6 Å². The summed E-state index contributed by atoms with van der Waals surface area (Å²) in [6.45, 7) is 4.19. The quantitative estimate of drug-likeness (QED) is 0.203. The van der Waals surface area contributed by atoms with Gasteiger partial charge < -0.3 is 15.5 Å². The highest BCUT2D eigenvalue weighted by Crippen LogP contribution is 2.36. The number of halogens is 2. The predicted molar refractivity (Wildman–Crippen MR) is 161 cm³/mol. The standard InChI is InChI=1S/C28H35Cl2N3O5S2/c1-28(2,12-5-6-19-11-13-39-18-19)31-16-22(34)17-33(3)40(37,38)27-23(29)14-20(15-24(27)30)25-8-4-7-21(32-25)9-10-26(35)36/h4,7-8,11,13-15,18,22,31,34H,5-6,9-10,12,16-17H2,1-3H3,(H,35,36). The molecule has 8 nitrogen and oxygen atoms in total. The minimum Gasteiger partial charge on any atom is -0.481 e. The number of aliphatic hydroxyl groups is 1. The average Bonchev–Trinajstić information content (AvgIpc) is 3.39. The van der Waals surface area contributed by atoms with E-state index in [4.69, 9.17) is 28.3 Å². The number of pyridine rings is 1. The Morgan fingerprint density at radius 3 is 2.50 bits per heavy atom. The molecule has 0 spiro atoms. The van der Waals surface area contributed by atoms with Crippen molar-refractivity contribution < 1.29 is 23.4 Å². The summed E-state index contributed by atoms with van der Waals surface area (Å²) in [5.74, 6) is -0.925. The number of aryl methyl sites for hydroxylation is 2. The van der Waals surface area contributed by atoms with Gasteiger partial charge in [0.1, 0.15) is 4.90 Å². The molecule has 0 saturated heterocycles. The monoisotopic (exact) mass is 627 g/mol. The van der Waals surface area contributed by atoms with Crippen LogP contribution in [0.15, 0.2) is 52.1 Å². The number of aromatic nitrogens is 1. The number of carboxylic acids is 1. The Morgan fingerprint density at radius 1 is 1.18 bits per heavy atom. The van der Waals surface area contributed by atoms with Crippen molar-refractivity contribution >= 4 is 50.5 Å². The predicted octanol–water partition coefficient (Wildman–Crippen LogP) is 5.51. The molecule has 3 rings (SSSR count). The number of hydrogen-bond acceptors (Lipinski definition) is 7. The first kappa shape index (κ1) is 32.5. The van der Waals surface area contributed by atoms with E-state index in [0.717, 1.165) is 23.6 Å². The molecule has 3 N–H and O–H groups in total. The molecule has 40 heavy (non-hydrogen) atoms. The third-order valence-corrected chi connectivity index (χ3v) is 9.97. The van der Waals surface area contributed by atoms with Crippen molar-refractivity contribution in [1.29, 1.82) is 0 Å². The Labute approximate surface area is 250 Å². The van der Waals surface area contributed by atoms with E-state index in [2.05, 4.69) is 41.0 Å². The highest BCUT2D eigenvalue weighted by atomic mass is 35.5. The van der Waals surface area contributed by atoms with Gasteiger partial charge in [0.15, 0.2) is 0 Å². The number of sulfonamides is 1. The number of hydrogen-bond donors (Lipinski definition) is 3. The Bertz CT molecular complexity index is 1380. The SMILES string of the molecule is CN(CC(O)CNC(C)(C)CCCc1ccsc1)S(=O)(=O)c1c(Cl)cc(-c2cccc(CCC(=O)O)n2)cc1Cl. The minimum absolute atomic E-state index is 0.0596. The topological polar surface area (TPSA) is 120 Å². The zero-order valence-electron chi connectivity index (χ0n) is 22.7. The van der Waals surface area contributed by atoms with E-state index < -0.39 is 22.1 Å². The molecule has 0 aliphatic rings. The maximum atomic E-state index is 13.4. The van der Waals surface area contributed by atoms with Gasteiger partial charge >= 0.3 is 5.97 Å². The lowest BCUT2D eigenvalue weighted by Gasteiger charge is -2.29. The van der Waals surface area contributed by atoms with Crippen LogP contribution in [-0.2, 0) is 27.7 Å². The molecule has 2 aromatic heterocycles. The molecule has 3 aromatic rings. The fourth-order valence-corrected chi connectivity index (χ4v) is 7.30. The molecular formula is C28H35Cl2N3O5S2. The van der Waals surface area contributed by atoms with E-state index >= 15 is 0 Å². The number of thiophene rings is 1. The zero-order chi connectivity index (χ0) is 29.5. The van der Waals surface area contributed by atoms with Crippen molar-refractivity contribution in [3.63, 3.8) is 0 Å². The maximum Gasteiger partial charge on any atom is 0.303 e. The second kappa shape index (κ2) is 14.2. The van der Waals surface area contributed by atoms with Gasteiger partial charge in [0.2, 0.25) is 10.0 Å². The molecule has 0 fully saturated rings. The van der Waals surface area contributed by atoms with Crippen molar-refractivity contribution in [2.45, 2.75) is 62.5 Å². The minimum atomic E-state index is -4.12. The lowest BCUT2D eigenvalue weighted by atomic mass is 9.96. The van der Waals surface area contributed by atoms with Crippen LogP contribution in [0.2, 0.25) is 10.0 Å². The van der Waals surface area contributed by atoms with Crippen molar-refractivity contribution in [3.05, 3.63) is 68.5 Å². The van der Waals surface area contributed by atoms with Crippen molar-refractivity contribution in [1.82, 2.24) is 14.6 Å². The molecule has 1 atom stereocenters. The molecule has 0 amide bonds. The molecule has 0 saturated carbocycles. The van der Waals surface area contributed by atoms with Gasteiger partial charge in [0.25, 0.3) is 0 Å². The van der Waals surface area contributed by atoms with Crippen LogP contribution in [0.25, 0.3) is 11.3 Å². The van der Waals surface area contributed by atoms with Crippen molar-refractivity contribution in [2.24, 2.45) is 0 Å². The Hall–Kier alpha value is -2.05. The molecule has 0 bridgehead atoms. The van der Waals surface area contributed by atoms with E-state index in [1.54, 1.807) is 29.5 Å². The summed E-state index contributed by atoms with van der Waals surface area (Å²) in [7, 11) is -2.74. The first-order chi connectivity index (χ1) is 18.8. The lowest BCUT2D eigenvalue weighted by molar-refractivity contribution is -0.136. The largest absolute Gasteiger partial charge is 0.481 e. The number of carboxylic acid groups (broad SMARTS) is 1. The van der Waals surface area contributed by atoms with Gasteiger partial charge in [-0.1, -0.05) is 29.3 Å². The van der Waals surface area contributed by atoms with Gasteiger partial charge in [-0.3, -0.25) is 9.78 Å². The first-order valence-corrected chi connectivity index (χ1v) is 16.0. The Morgan fingerprint density at radius 2 is 1.88 bits per heavy atom. The summed E-state index contributed by atoms with van der Waals surface area (Å²) in [4.78, 5) is 15.1. The number of aliphatic carboxylic acids is 1. The molecule has 0 radical (unpaired) electrons. The summed E-state index contributed by atoms with van der Waals surface area (Å²) in [5, 5.41) is 26.9. The molecular weight excluding hydrogens is 593 g/mol. The average molecular weight is 629 g/mol. The summed E-state index contributed by atoms with van der Waals surface area (Å²) >= 11 is 14.5. The van der Waals surface area contributed by atoms with Crippen LogP contribution in [0.3, 0.4) is 0 Å². The van der Waals surface area contributed by atoms with E-state index in [9.17, 15) is 18.3 Å². The molecule has 0 aliphatic heterocycles. The van der Waals surface area contributed by atoms with Crippen LogP contribution in [0, 0.1) is 0 Å². The van der Waals surface area contributed by atoms with Crippen molar-refractivity contribution in [2.75, 3.05) is 20.1 Å². The molecule has 2 heterocycles. The number of benzene rings is 1. The van der Waals surface area contributed by atoms with Gasteiger partial charge in [-0.05, 0) is 79.8 Å². The Kier molecular flexibility index (Phi) is 11.5. The number of aliphatic hydroxyl groups excluding tert-OH is 1.